The van der Waals surface area contributed by atoms with E-state index in [1.54, 1.807) is 24.5 Å². The number of anilines is 1. The van der Waals surface area contributed by atoms with E-state index in [2.05, 4.69) is 29.5 Å². The lowest BCUT2D eigenvalue weighted by atomic mass is 9.99. The number of rotatable bonds is 8. The van der Waals surface area contributed by atoms with Crippen LogP contribution in [0.15, 0.2) is 67.0 Å². The molecular formula is C27H29FN4O3. The quantitative estimate of drug-likeness (QED) is 0.490. The van der Waals surface area contributed by atoms with Gasteiger partial charge in [-0.15, -0.1) is 0 Å². The molecule has 1 aliphatic rings. The van der Waals surface area contributed by atoms with Crippen LogP contribution in [0.5, 0.6) is 0 Å². The standard InChI is InChI=1S/C27H29FN4O3/c1-17(31-18(2)21-10-12-29-13-11-21)20-4-6-22(7-5-20)25-9-8-23(14-26(25)28)32-16-24(35-27(32)34)15-30-19(3)33/h4-14,17-18,24,31H,15-16H2,1-3H3,(H,30,33)/t17-,18-,24+/m1/s1. The maximum atomic E-state index is 15.0. The monoisotopic (exact) mass is 476 g/mol. The summed E-state index contributed by atoms with van der Waals surface area (Å²) in [6.45, 7) is 6.07. The van der Waals surface area contributed by atoms with Gasteiger partial charge >= 0.3 is 6.09 Å². The summed E-state index contributed by atoms with van der Waals surface area (Å²) in [7, 11) is 0. The molecule has 0 aliphatic carbocycles. The van der Waals surface area contributed by atoms with E-state index in [0.29, 0.717) is 11.3 Å². The van der Waals surface area contributed by atoms with E-state index < -0.39 is 18.0 Å². The van der Waals surface area contributed by atoms with Gasteiger partial charge in [-0.1, -0.05) is 24.3 Å². The van der Waals surface area contributed by atoms with Crippen LogP contribution in [0.2, 0.25) is 0 Å². The van der Waals surface area contributed by atoms with E-state index in [9.17, 15) is 9.59 Å². The molecule has 0 saturated carbocycles. The number of halogens is 1. The first-order chi connectivity index (χ1) is 16.8. The van der Waals surface area contributed by atoms with Gasteiger partial charge in [0.15, 0.2) is 0 Å². The van der Waals surface area contributed by atoms with Crippen molar-refractivity contribution in [2.45, 2.75) is 39.0 Å². The summed E-state index contributed by atoms with van der Waals surface area (Å²) < 4.78 is 20.3. The highest BCUT2D eigenvalue weighted by Crippen LogP contribution is 2.30. The molecule has 3 aromatic rings. The summed E-state index contributed by atoms with van der Waals surface area (Å²) in [5.41, 5.74) is 3.87. The van der Waals surface area contributed by atoms with Crippen molar-refractivity contribution >= 4 is 17.7 Å². The number of hydrogen-bond acceptors (Lipinski definition) is 5. The summed E-state index contributed by atoms with van der Waals surface area (Å²) in [5.74, 6) is -0.625. The third kappa shape index (κ3) is 5.84. The smallest absolute Gasteiger partial charge is 0.414 e. The van der Waals surface area contributed by atoms with Crippen molar-refractivity contribution in [3.05, 3.63) is 83.9 Å². The highest BCUT2D eigenvalue weighted by atomic mass is 19.1. The molecule has 182 valence electrons. The molecule has 35 heavy (non-hydrogen) atoms. The summed E-state index contributed by atoms with van der Waals surface area (Å²) >= 11 is 0. The molecule has 0 unspecified atom stereocenters. The first-order valence-corrected chi connectivity index (χ1v) is 11.6. The summed E-state index contributed by atoms with van der Waals surface area (Å²) in [6, 6.07) is 16.7. The Kier molecular flexibility index (Phi) is 7.41. The number of nitrogens with zero attached hydrogens (tertiary/aromatic N) is 2. The van der Waals surface area contributed by atoms with Gasteiger partial charge < -0.3 is 15.4 Å². The van der Waals surface area contributed by atoms with Crippen molar-refractivity contribution < 1.29 is 18.7 Å². The van der Waals surface area contributed by atoms with Crippen molar-refractivity contribution in [3.8, 4) is 11.1 Å². The number of carbonyl (C=O) groups excluding carboxylic acids is 2. The zero-order chi connectivity index (χ0) is 24.9. The van der Waals surface area contributed by atoms with Crippen LogP contribution in [0.25, 0.3) is 11.1 Å². The number of cyclic esters (lactones) is 1. The van der Waals surface area contributed by atoms with Crippen LogP contribution in [-0.4, -0.2) is 36.2 Å². The highest BCUT2D eigenvalue weighted by Gasteiger charge is 2.32. The minimum absolute atomic E-state index is 0.103. The summed E-state index contributed by atoms with van der Waals surface area (Å²) in [4.78, 5) is 28.8. The third-order valence-electron chi connectivity index (χ3n) is 6.14. The van der Waals surface area contributed by atoms with Gasteiger partial charge in [0.1, 0.15) is 11.9 Å². The van der Waals surface area contributed by atoms with Gasteiger partial charge in [-0.05, 0) is 60.9 Å². The Hall–Kier alpha value is -3.78. The van der Waals surface area contributed by atoms with Crippen molar-refractivity contribution in [2.75, 3.05) is 18.0 Å². The molecule has 2 aromatic carbocycles. The first kappa shape index (κ1) is 24.3. The van der Waals surface area contributed by atoms with Crippen LogP contribution in [0.3, 0.4) is 0 Å². The average molecular weight is 477 g/mol. The van der Waals surface area contributed by atoms with Crippen molar-refractivity contribution in [2.24, 2.45) is 0 Å². The molecule has 7 nitrogen and oxygen atoms in total. The van der Waals surface area contributed by atoms with Crippen molar-refractivity contribution in [1.82, 2.24) is 15.6 Å². The van der Waals surface area contributed by atoms with E-state index in [0.717, 1.165) is 16.7 Å². The Labute approximate surface area is 204 Å². The molecule has 2 N–H and O–H groups in total. The van der Waals surface area contributed by atoms with Crippen LogP contribution in [-0.2, 0) is 9.53 Å². The predicted octanol–water partition coefficient (Wildman–Crippen LogP) is 4.76. The number of hydrogen-bond donors (Lipinski definition) is 2. The van der Waals surface area contributed by atoms with Crippen LogP contribution in [0.1, 0.15) is 44.0 Å². The average Bonchev–Trinajstić information content (AvgIpc) is 3.23. The molecular weight excluding hydrogens is 447 g/mol. The van der Waals surface area contributed by atoms with Gasteiger partial charge in [0.25, 0.3) is 0 Å². The maximum absolute atomic E-state index is 15.0. The fourth-order valence-corrected chi connectivity index (χ4v) is 4.17. The Morgan fingerprint density at radius 2 is 1.74 bits per heavy atom. The van der Waals surface area contributed by atoms with Crippen LogP contribution in [0.4, 0.5) is 14.9 Å². The Bertz CT molecular complexity index is 1190. The first-order valence-electron chi connectivity index (χ1n) is 11.6. The van der Waals surface area contributed by atoms with Crippen molar-refractivity contribution in [3.63, 3.8) is 0 Å². The Morgan fingerprint density at radius 1 is 1.09 bits per heavy atom. The topological polar surface area (TPSA) is 83.6 Å². The SMILES string of the molecule is CC(=O)NC[C@H]1CN(c2ccc(-c3ccc([C@@H](C)N[C@H](C)c4ccncc4)cc3)c(F)c2)C(=O)O1. The van der Waals surface area contributed by atoms with Gasteiger partial charge in [0, 0.05) is 37.0 Å². The Balaban J connectivity index is 1.42. The summed E-state index contributed by atoms with van der Waals surface area (Å²) in [6.07, 6.45) is 2.53. The second-order valence-electron chi connectivity index (χ2n) is 8.73. The number of benzene rings is 2. The highest BCUT2D eigenvalue weighted by molar-refractivity contribution is 5.90. The van der Waals surface area contributed by atoms with Crippen LogP contribution >= 0.6 is 0 Å². The number of carbonyl (C=O) groups is 2. The molecule has 2 amide bonds. The Morgan fingerprint density at radius 3 is 2.37 bits per heavy atom. The van der Waals surface area contributed by atoms with Crippen LogP contribution < -0.4 is 15.5 Å². The lowest BCUT2D eigenvalue weighted by Gasteiger charge is -2.21. The third-order valence-corrected chi connectivity index (χ3v) is 6.14. The van der Waals surface area contributed by atoms with Crippen molar-refractivity contribution in [1.29, 1.82) is 0 Å². The molecule has 1 aromatic heterocycles. The molecule has 4 rings (SSSR count). The normalized spacial score (nSPS) is 17.1. The van der Waals surface area contributed by atoms with Gasteiger partial charge in [0.05, 0.1) is 18.8 Å². The molecule has 0 bridgehead atoms. The van der Waals surface area contributed by atoms with E-state index in [1.165, 1.54) is 17.9 Å². The number of pyridine rings is 1. The minimum atomic E-state index is -0.556. The second kappa shape index (κ2) is 10.7. The van der Waals surface area contributed by atoms with E-state index in [4.69, 9.17) is 4.74 Å². The molecule has 0 radical (unpaired) electrons. The molecule has 8 heteroatoms. The number of ether oxygens (including phenoxy) is 1. The minimum Gasteiger partial charge on any atom is -0.442 e. The maximum Gasteiger partial charge on any atom is 0.414 e. The van der Waals surface area contributed by atoms with Gasteiger partial charge in [-0.25, -0.2) is 9.18 Å². The zero-order valence-corrected chi connectivity index (χ0v) is 20.0. The fraction of sp³-hybridized carbons (Fsp3) is 0.296. The van der Waals surface area contributed by atoms with E-state index >= 15 is 4.39 Å². The van der Waals surface area contributed by atoms with Gasteiger partial charge in [-0.3, -0.25) is 14.7 Å². The fourth-order valence-electron chi connectivity index (χ4n) is 4.17. The van der Waals surface area contributed by atoms with Gasteiger partial charge in [-0.2, -0.15) is 0 Å². The molecule has 1 aliphatic heterocycles. The summed E-state index contributed by atoms with van der Waals surface area (Å²) in [5, 5.41) is 6.20. The van der Waals surface area contributed by atoms with E-state index in [-0.39, 0.29) is 31.1 Å². The number of amides is 2. The van der Waals surface area contributed by atoms with Gasteiger partial charge in [0.2, 0.25) is 5.91 Å². The zero-order valence-electron chi connectivity index (χ0n) is 20.0. The van der Waals surface area contributed by atoms with E-state index in [1.807, 2.05) is 36.4 Å². The lowest BCUT2D eigenvalue weighted by molar-refractivity contribution is -0.119. The molecule has 1 fully saturated rings. The molecule has 3 atom stereocenters. The lowest BCUT2D eigenvalue weighted by Crippen LogP contribution is -2.33. The predicted molar refractivity (Wildman–Crippen MR) is 132 cm³/mol. The molecule has 2 heterocycles. The number of aromatic nitrogens is 1. The molecule has 1 saturated heterocycles. The number of nitrogens with one attached hydrogen (secondary N) is 2. The largest absolute Gasteiger partial charge is 0.442 e. The molecule has 0 spiro atoms. The van der Waals surface area contributed by atoms with Crippen LogP contribution in [0, 0.1) is 5.82 Å². The second-order valence-corrected chi connectivity index (χ2v) is 8.73.